The fourth-order valence-electron chi connectivity index (χ4n) is 2.78. The van der Waals surface area contributed by atoms with E-state index in [0.29, 0.717) is 12.8 Å². The van der Waals surface area contributed by atoms with Crippen molar-refractivity contribution >= 4 is 5.97 Å². The minimum Gasteiger partial charge on any atom is -0.481 e. The van der Waals surface area contributed by atoms with Crippen LogP contribution in [0.1, 0.15) is 97.3 Å². The second-order valence-corrected chi connectivity index (χ2v) is 6.27. The van der Waals surface area contributed by atoms with E-state index >= 15 is 0 Å². The van der Waals surface area contributed by atoms with Crippen molar-refractivity contribution in [1.29, 1.82) is 0 Å². The second kappa shape index (κ2) is 14.4. The van der Waals surface area contributed by atoms with Crippen molar-refractivity contribution in [3.8, 4) is 0 Å². The van der Waals surface area contributed by atoms with Gasteiger partial charge in [0.05, 0.1) is 12.0 Å². The smallest absolute Gasteiger partial charge is 0.309 e. The maximum absolute atomic E-state index is 11.3. The van der Waals surface area contributed by atoms with Gasteiger partial charge in [-0.15, -0.1) is 0 Å². The molecule has 2 N–H and O–H groups in total. The molecule has 3 nitrogen and oxygen atoms in total. The van der Waals surface area contributed by atoms with Crippen LogP contribution in [0.4, 0.5) is 0 Å². The van der Waals surface area contributed by atoms with E-state index in [-0.39, 0.29) is 0 Å². The molecule has 0 amide bonds. The molecule has 0 aromatic rings. The molecule has 0 aliphatic heterocycles. The first-order valence-corrected chi connectivity index (χ1v) is 9.04. The van der Waals surface area contributed by atoms with E-state index in [1.54, 1.807) is 0 Å². The molecule has 0 saturated heterocycles. The van der Waals surface area contributed by atoms with Gasteiger partial charge in [-0.3, -0.25) is 4.79 Å². The van der Waals surface area contributed by atoms with Crippen molar-refractivity contribution in [3.05, 3.63) is 0 Å². The molecule has 0 rings (SSSR count). The van der Waals surface area contributed by atoms with Crippen LogP contribution in [-0.2, 0) is 4.79 Å². The maximum atomic E-state index is 11.3. The minimum absolute atomic E-state index is 0.567. The van der Waals surface area contributed by atoms with Gasteiger partial charge >= 0.3 is 5.97 Å². The third-order valence-electron chi connectivity index (χ3n) is 4.25. The predicted molar refractivity (Wildman–Crippen MR) is 88.5 cm³/mol. The Morgan fingerprint density at radius 2 is 1.19 bits per heavy atom. The number of carboxylic acid groups (broad SMARTS) is 1. The van der Waals surface area contributed by atoms with Gasteiger partial charge in [-0.05, 0) is 12.8 Å². The highest BCUT2D eigenvalue weighted by molar-refractivity contribution is 5.70. The molecule has 0 aliphatic rings. The van der Waals surface area contributed by atoms with Gasteiger partial charge in [0.2, 0.25) is 0 Å². The van der Waals surface area contributed by atoms with Gasteiger partial charge in [0, 0.05) is 0 Å². The van der Waals surface area contributed by atoms with Crippen LogP contribution in [0.15, 0.2) is 0 Å². The molecule has 126 valence electrons. The van der Waals surface area contributed by atoms with E-state index in [1.807, 2.05) is 0 Å². The molecule has 2 unspecified atom stereocenters. The summed E-state index contributed by atoms with van der Waals surface area (Å²) in [4.78, 5) is 11.3. The average molecular weight is 300 g/mol. The molecule has 0 heterocycles. The summed E-state index contributed by atoms with van der Waals surface area (Å²) < 4.78 is 0. The van der Waals surface area contributed by atoms with E-state index in [2.05, 4.69) is 13.8 Å². The largest absolute Gasteiger partial charge is 0.481 e. The fourth-order valence-corrected chi connectivity index (χ4v) is 2.78. The zero-order valence-corrected chi connectivity index (χ0v) is 14.1. The molecule has 0 spiro atoms. The van der Waals surface area contributed by atoms with E-state index in [4.69, 9.17) is 0 Å². The molecule has 0 radical (unpaired) electrons. The average Bonchev–Trinajstić information content (AvgIpc) is 2.45. The first kappa shape index (κ1) is 20.4. The Kier molecular flexibility index (Phi) is 14.0. The highest BCUT2D eigenvalue weighted by Crippen LogP contribution is 2.20. The van der Waals surface area contributed by atoms with Gasteiger partial charge in [0.15, 0.2) is 0 Å². The zero-order chi connectivity index (χ0) is 15.9. The van der Waals surface area contributed by atoms with Gasteiger partial charge in [-0.2, -0.15) is 0 Å². The molecule has 2 atom stereocenters. The third-order valence-corrected chi connectivity index (χ3v) is 4.25. The van der Waals surface area contributed by atoms with E-state index in [9.17, 15) is 15.0 Å². The van der Waals surface area contributed by atoms with Crippen LogP contribution in [0, 0.1) is 5.92 Å². The molecule has 0 aliphatic carbocycles. The van der Waals surface area contributed by atoms with Gasteiger partial charge in [-0.1, -0.05) is 84.5 Å². The summed E-state index contributed by atoms with van der Waals surface area (Å²) in [5.41, 5.74) is 0. The number of aliphatic carboxylic acids is 1. The normalized spacial score (nSPS) is 14.0. The molecular formula is C18H36O3. The summed E-state index contributed by atoms with van der Waals surface area (Å²) in [7, 11) is 0. The van der Waals surface area contributed by atoms with Crippen molar-refractivity contribution in [2.24, 2.45) is 5.92 Å². The topological polar surface area (TPSA) is 57.5 Å². The third kappa shape index (κ3) is 11.7. The molecule has 0 fully saturated rings. The quantitative estimate of drug-likeness (QED) is 0.411. The predicted octanol–water partition coefficient (Wildman–Crippen LogP) is 5.16. The summed E-state index contributed by atoms with van der Waals surface area (Å²) in [6, 6.07) is 0. The molecule has 3 heteroatoms. The summed E-state index contributed by atoms with van der Waals surface area (Å²) in [6.45, 7) is 4.37. The molecule has 0 aromatic carbocycles. The first-order chi connectivity index (χ1) is 10.1. The number of carbonyl (C=O) groups is 1. The summed E-state index contributed by atoms with van der Waals surface area (Å²) in [5.74, 6) is -1.40. The van der Waals surface area contributed by atoms with Crippen LogP contribution in [-0.4, -0.2) is 22.3 Å². The van der Waals surface area contributed by atoms with Crippen molar-refractivity contribution in [1.82, 2.24) is 0 Å². The van der Waals surface area contributed by atoms with Crippen molar-refractivity contribution in [3.63, 3.8) is 0 Å². The van der Waals surface area contributed by atoms with E-state index in [0.717, 1.165) is 25.7 Å². The van der Waals surface area contributed by atoms with E-state index < -0.39 is 18.0 Å². The van der Waals surface area contributed by atoms with Crippen LogP contribution >= 0.6 is 0 Å². The minimum atomic E-state index is -0.830. The lowest BCUT2D eigenvalue weighted by molar-refractivity contribution is -0.146. The Balaban J connectivity index is 3.79. The Hall–Kier alpha value is -0.570. The fraction of sp³-hybridized carbons (Fsp3) is 0.944. The van der Waals surface area contributed by atoms with Gasteiger partial charge < -0.3 is 10.2 Å². The molecule has 0 saturated carbocycles. The lowest BCUT2D eigenvalue weighted by atomic mass is 9.91. The van der Waals surface area contributed by atoms with Gasteiger partial charge in [0.1, 0.15) is 0 Å². The summed E-state index contributed by atoms with van der Waals surface area (Å²) in [6.07, 6.45) is 13.2. The molecule has 0 bridgehead atoms. The van der Waals surface area contributed by atoms with Crippen molar-refractivity contribution < 1.29 is 15.0 Å². The number of carboxylic acids is 1. The van der Waals surface area contributed by atoms with Crippen LogP contribution in [0.5, 0.6) is 0 Å². The van der Waals surface area contributed by atoms with Gasteiger partial charge in [0.25, 0.3) is 0 Å². The number of unbranched alkanes of at least 4 members (excludes halogenated alkanes) is 9. The summed E-state index contributed by atoms with van der Waals surface area (Å²) >= 11 is 0. The first-order valence-electron chi connectivity index (χ1n) is 9.04. The molecule has 0 aromatic heterocycles. The SMILES string of the molecule is CCCCCCCCC(O)C(CCCCCCC)C(=O)O. The van der Waals surface area contributed by atoms with Crippen LogP contribution in [0.25, 0.3) is 0 Å². The van der Waals surface area contributed by atoms with Crippen molar-refractivity contribution in [2.75, 3.05) is 0 Å². The maximum Gasteiger partial charge on any atom is 0.309 e. The Morgan fingerprint density at radius 3 is 1.67 bits per heavy atom. The highest BCUT2D eigenvalue weighted by atomic mass is 16.4. The lowest BCUT2D eigenvalue weighted by Gasteiger charge is -2.19. The van der Waals surface area contributed by atoms with Gasteiger partial charge in [-0.25, -0.2) is 0 Å². The molecular weight excluding hydrogens is 264 g/mol. The number of aliphatic hydroxyl groups excluding tert-OH is 1. The second-order valence-electron chi connectivity index (χ2n) is 6.27. The number of rotatable bonds is 15. The van der Waals surface area contributed by atoms with Crippen LogP contribution in [0.2, 0.25) is 0 Å². The Bertz CT molecular complexity index is 241. The van der Waals surface area contributed by atoms with Crippen LogP contribution < -0.4 is 0 Å². The van der Waals surface area contributed by atoms with E-state index in [1.165, 1.54) is 44.9 Å². The zero-order valence-electron chi connectivity index (χ0n) is 14.1. The Labute approximate surface area is 131 Å². The number of hydrogen-bond donors (Lipinski definition) is 2. The monoisotopic (exact) mass is 300 g/mol. The number of hydrogen-bond acceptors (Lipinski definition) is 2. The lowest BCUT2D eigenvalue weighted by Crippen LogP contribution is -2.28. The number of aliphatic hydroxyl groups is 1. The molecule has 21 heavy (non-hydrogen) atoms. The van der Waals surface area contributed by atoms with Crippen molar-refractivity contribution in [2.45, 2.75) is 103 Å². The Morgan fingerprint density at radius 1 is 0.762 bits per heavy atom. The summed E-state index contributed by atoms with van der Waals surface area (Å²) in [5, 5.41) is 19.4. The highest BCUT2D eigenvalue weighted by Gasteiger charge is 2.25. The van der Waals surface area contributed by atoms with Crippen LogP contribution in [0.3, 0.4) is 0 Å². The standard InChI is InChI=1S/C18H36O3/c1-3-5-7-9-11-13-15-17(19)16(18(20)21)14-12-10-8-6-4-2/h16-17,19H,3-15H2,1-2H3,(H,20,21).